The number of pyridine rings is 2. The van der Waals surface area contributed by atoms with E-state index in [9.17, 15) is 19.2 Å². The molecule has 188 valence electrons. The summed E-state index contributed by atoms with van der Waals surface area (Å²) in [5, 5.41) is 6.31. The topological polar surface area (TPSA) is 151 Å². The molecule has 37 heavy (non-hydrogen) atoms. The van der Waals surface area contributed by atoms with Crippen LogP contribution in [0.25, 0.3) is 22.8 Å². The average Bonchev–Trinajstić information content (AvgIpc) is 3.48. The maximum absolute atomic E-state index is 13.4. The number of nitrogens with one attached hydrogen (secondary N) is 1. The Labute approximate surface area is 211 Å². The number of hydrogen-bond acceptors (Lipinski definition) is 10. The summed E-state index contributed by atoms with van der Waals surface area (Å²) in [5.74, 6) is -1.72. The van der Waals surface area contributed by atoms with Crippen LogP contribution in [-0.2, 0) is 25.7 Å². The van der Waals surface area contributed by atoms with Crippen LogP contribution in [-0.4, -0.2) is 72.2 Å². The maximum Gasteiger partial charge on any atom is 0.249 e. The number of carbonyl (C=O) groups is 4. The standard InChI is InChI=1S/C25H23N7O5/c33-19-7-6-18(23(34)28-19)32-24(35)15-3-2-12-31(21(15)25(32)36)13-20-29-22(30-37-20)17-5-1-4-16(27-17)14-8-10-26-11-9-14/h1,4-5,8-11,15,18,21H,2-3,6-7,12-13H2,(H,28,33,34). The van der Waals surface area contributed by atoms with Gasteiger partial charge in [0, 0.05) is 24.4 Å². The summed E-state index contributed by atoms with van der Waals surface area (Å²) in [6.45, 7) is 0.747. The second kappa shape index (κ2) is 9.28. The number of piperidine rings is 2. The first-order valence-corrected chi connectivity index (χ1v) is 12.1. The van der Waals surface area contributed by atoms with Crippen molar-refractivity contribution in [3.05, 3.63) is 48.6 Å². The van der Waals surface area contributed by atoms with Gasteiger partial charge in [-0.2, -0.15) is 4.98 Å². The Bertz CT molecular complexity index is 1390. The number of hydrogen-bond donors (Lipinski definition) is 1. The smallest absolute Gasteiger partial charge is 0.249 e. The molecule has 0 radical (unpaired) electrons. The molecule has 6 rings (SSSR count). The van der Waals surface area contributed by atoms with Gasteiger partial charge in [-0.1, -0.05) is 11.2 Å². The number of rotatable bonds is 5. The number of aromatic nitrogens is 4. The van der Waals surface area contributed by atoms with E-state index in [4.69, 9.17) is 4.52 Å². The van der Waals surface area contributed by atoms with Gasteiger partial charge in [-0.25, -0.2) is 4.98 Å². The average molecular weight is 502 g/mol. The first-order valence-electron chi connectivity index (χ1n) is 12.1. The second-order valence-corrected chi connectivity index (χ2v) is 9.33. The summed E-state index contributed by atoms with van der Waals surface area (Å²) in [6, 6.07) is 7.57. The van der Waals surface area contributed by atoms with Crippen LogP contribution in [0.5, 0.6) is 0 Å². The largest absolute Gasteiger partial charge is 0.337 e. The predicted octanol–water partition coefficient (Wildman–Crippen LogP) is 0.948. The molecule has 0 saturated carbocycles. The summed E-state index contributed by atoms with van der Waals surface area (Å²) in [5.41, 5.74) is 2.19. The fraction of sp³-hybridized carbons (Fsp3) is 0.360. The highest BCUT2D eigenvalue weighted by Crippen LogP contribution is 2.36. The highest BCUT2D eigenvalue weighted by atomic mass is 16.5. The van der Waals surface area contributed by atoms with Crippen molar-refractivity contribution in [2.45, 2.75) is 44.3 Å². The van der Waals surface area contributed by atoms with Crippen molar-refractivity contribution in [1.82, 2.24) is 35.2 Å². The van der Waals surface area contributed by atoms with E-state index in [1.807, 2.05) is 29.2 Å². The van der Waals surface area contributed by atoms with E-state index in [-0.39, 0.29) is 25.3 Å². The number of imide groups is 2. The number of likely N-dealkylation sites (tertiary alicyclic amines) is 2. The Morgan fingerprint density at radius 3 is 2.59 bits per heavy atom. The van der Waals surface area contributed by atoms with Gasteiger partial charge in [0.25, 0.3) is 0 Å². The Morgan fingerprint density at radius 1 is 0.973 bits per heavy atom. The van der Waals surface area contributed by atoms with Crippen molar-refractivity contribution in [1.29, 1.82) is 0 Å². The Kier molecular flexibility index (Phi) is 5.80. The molecule has 3 saturated heterocycles. The molecule has 3 unspecified atom stereocenters. The molecule has 3 atom stereocenters. The van der Waals surface area contributed by atoms with Gasteiger partial charge < -0.3 is 4.52 Å². The second-order valence-electron chi connectivity index (χ2n) is 9.33. The Hall–Kier alpha value is -4.32. The van der Waals surface area contributed by atoms with Crippen molar-refractivity contribution in [3.63, 3.8) is 0 Å². The van der Waals surface area contributed by atoms with E-state index in [1.54, 1.807) is 18.5 Å². The third-order valence-corrected chi connectivity index (χ3v) is 7.06. The highest BCUT2D eigenvalue weighted by molar-refractivity contribution is 6.12. The van der Waals surface area contributed by atoms with Gasteiger partial charge >= 0.3 is 0 Å². The first-order chi connectivity index (χ1) is 18.0. The molecule has 1 N–H and O–H groups in total. The summed E-state index contributed by atoms with van der Waals surface area (Å²) < 4.78 is 5.49. The van der Waals surface area contributed by atoms with Crippen molar-refractivity contribution >= 4 is 23.6 Å². The third kappa shape index (κ3) is 4.18. The zero-order valence-corrected chi connectivity index (χ0v) is 19.7. The number of amides is 4. The van der Waals surface area contributed by atoms with Crippen molar-refractivity contribution < 1.29 is 23.7 Å². The number of fused-ring (bicyclic) bond motifs is 1. The molecule has 12 nitrogen and oxygen atoms in total. The van der Waals surface area contributed by atoms with E-state index in [0.29, 0.717) is 36.8 Å². The molecule has 0 bridgehead atoms. The van der Waals surface area contributed by atoms with Gasteiger partial charge in [0.1, 0.15) is 17.8 Å². The monoisotopic (exact) mass is 501 g/mol. The molecule has 0 aromatic carbocycles. The fourth-order valence-electron chi connectivity index (χ4n) is 5.33. The van der Waals surface area contributed by atoms with Crippen LogP contribution in [0.2, 0.25) is 0 Å². The fourth-order valence-corrected chi connectivity index (χ4v) is 5.33. The SMILES string of the molecule is O=C1CCC(N2C(=O)C3CCCN(Cc4nc(-c5cccc(-c6ccncc6)n5)no4)C3C2=O)C(=O)N1. The van der Waals surface area contributed by atoms with Crippen molar-refractivity contribution in [2.75, 3.05) is 6.54 Å². The van der Waals surface area contributed by atoms with Gasteiger partial charge in [-0.3, -0.25) is 39.3 Å². The van der Waals surface area contributed by atoms with Crippen molar-refractivity contribution in [2.24, 2.45) is 5.92 Å². The minimum Gasteiger partial charge on any atom is -0.337 e. The lowest BCUT2D eigenvalue weighted by Gasteiger charge is -2.33. The summed E-state index contributed by atoms with van der Waals surface area (Å²) in [4.78, 5) is 66.5. The molecule has 3 aromatic heterocycles. The quantitative estimate of drug-likeness (QED) is 0.500. The zero-order chi connectivity index (χ0) is 25.5. The van der Waals surface area contributed by atoms with Gasteiger partial charge in [0.05, 0.1) is 18.2 Å². The molecule has 3 aromatic rings. The van der Waals surface area contributed by atoms with E-state index in [2.05, 4.69) is 25.4 Å². The molecule has 3 fully saturated rings. The molecule has 3 aliphatic rings. The van der Waals surface area contributed by atoms with Crippen molar-refractivity contribution in [3.8, 4) is 22.8 Å². The van der Waals surface area contributed by atoms with Crippen LogP contribution >= 0.6 is 0 Å². The normalized spacial score (nSPS) is 24.3. The molecular formula is C25H23N7O5. The van der Waals surface area contributed by atoms with E-state index in [0.717, 1.165) is 16.2 Å². The van der Waals surface area contributed by atoms with E-state index < -0.39 is 35.7 Å². The minimum atomic E-state index is -0.959. The number of nitrogens with zero attached hydrogens (tertiary/aromatic N) is 6. The lowest BCUT2D eigenvalue weighted by Crippen LogP contribution is -2.55. The van der Waals surface area contributed by atoms with Gasteiger partial charge in [0.2, 0.25) is 35.3 Å². The molecule has 6 heterocycles. The first kappa shape index (κ1) is 23.1. The van der Waals surface area contributed by atoms with E-state index in [1.165, 1.54) is 0 Å². The summed E-state index contributed by atoms with van der Waals surface area (Å²) >= 11 is 0. The lowest BCUT2D eigenvalue weighted by molar-refractivity contribution is -0.151. The van der Waals surface area contributed by atoms with Crippen LogP contribution in [0.4, 0.5) is 0 Å². The molecular weight excluding hydrogens is 478 g/mol. The highest BCUT2D eigenvalue weighted by Gasteiger charge is 2.55. The summed E-state index contributed by atoms with van der Waals surface area (Å²) in [7, 11) is 0. The predicted molar refractivity (Wildman–Crippen MR) is 126 cm³/mol. The van der Waals surface area contributed by atoms with E-state index >= 15 is 0 Å². The van der Waals surface area contributed by atoms with Gasteiger partial charge in [0.15, 0.2) is 0 Å². The Balaban J connectivity index is 1.21. The van der Waals surface area contributed by atoms with Crippen LogP contribution in [0, 0.1) is 5.92 Å². The third-order valence-electron chi connectivity index (χ3n) is 7.06. The Morgan fingerprint density at radius 2 is 1.78 bits per heavy atom. The lowest BCUT2D eigenvalue weighted by atomic mass is 9.91. The molecule has 4 amide bonds. The summed E-state index contributed by atoms with van der Waals surface area (Å²) in [6.07, 6.45) is 4.88. The van der Waals surface area contributed by atoms with Gasteiger partial charge in [-0.05, 0) is 50.1 Å². The maximum atomic E-state index is 13.4. The molecule has 12 heteroatoms. The van der Waals surface area contributed by atoms with Crippen LogP contribution in [0.3, 0.4) is 0 Å². The molecule has 3 aliphatic heterocycles. The van der Waals surface area contributed by atoms with Crippen LogP contribution < -0.4 is 5.32 Å². The number of carbonyl (C=O) groups excluding carboxylic acids is 4. The van der Waals surface area contributed by atoms with Crippen LogP contribution in [0.15, 0.2) is 47.2 Å². The van der Waals surface area contributed by atoms with Crippen LogP contribution in [0.1, 0.15) is 31.6 Å². The molecule has 0 aliphatic carbocycles. The molecule has 0 spiro atoms. The zero-order valence-electron chi connectivity index (χ0n) is 19.7. The minimum absolute atomic E-state index is 0.0909. The van der Waals surface area contributed by atoms with Gasteiger partial charge in [-0.15, -0.1) is 0 Å².